The Kier molecular flexibility index (Phi) is 7.10. The third-order valence-electron chi connectivity index (χ3n) is 5.83. The van der Waals surface area contributed by atoms with E-state index >= 15 is 0 Å². The van der Waals surface area contributed by atoms with Crippen molar-refractivity contribution < 1.29 is 9.53 Å². The lowest BCUT2D eigenvalue weighted by atomic mass is 9.82. The van der Waals surface area contributed by atoms with Crippen LogP contribution in [0, 0.1) is 5.92 Å². The van der Waals surface area contributed by atoms with Gasteiger partial charge in [0.15, 0.2) is 0 Å². The average Bonchev–Trinajstić information content (AvgIpc) is 3.13. The van der Waals surface area contributed by atoms with Gasteiger partial charge in [0.05, 0.1) is 19.2 Å². The predicted octanol–water partition coefficient (Wildman–Crippen LogP) is 5.40. The second-order valence-corrected chi connectivity index (χ2v) is 7.57. The van der Waals surface area contributed by atoms with Crippen LogP contribution in [0.4, 0.5) is 0 Å². The number of rotatable bonds is 9. The van der Waals surface area contributed by atoms with Crippen LogP contribution in [-0.4, -0.2) is 35.0 Å². The van der Waals surface area contributed by atoms with Crippen molar-refractivity contribution in [3.63, 3.8) is 0 Å². The van der Waals surface area contributed by atoms with Crippen LogP contribution in [0.1, 0.15) is 50.8 Å². The zero-order chi connectivity index (χ0) is 19.9. The number of ether oxygens (including phenoxy) is 1. The fourth-order valence-electron chi connectivity index (χ4n) is 4.50. The van der Waals surface area contributed by atoms with Crippen LogP contribution in [0.15, 0.2) is 55.6 Å². The first-order valence-corrected chi connectivity index (χ1v) is 10.4. The zero-order valence-corrected chi connectivity index (χ0v) is 16.9. The SMILES string of the molecule is C=CCCC[C@H]1[C@H](C=C)CC[C@@H](c2cc3ccccc3[nH]2)N1CC(=O)OCC. The number of H-pyrrole nitrogens is 1. The molecule has 0 amide bonds. The number of para-hydroxylation sites is 1. The lowest BCUT2D eigenvalue weighted by molar-refractivity contribution is -0.147. The number of hydrogen-bond donors (Lipinski definition) is 1. The maximum absolute atomic E-state index is 12.4. The molecule has 1 aromatic heterocycles. The third kappa shape index (κ3) is 4.56. The first kappa shape index (κ1) is 20.4. The van der Waals surface area contributed by atoms with Gasteiger partial charge >= 0.3 is 5.97 Å². The summed E-state index contributed by atoms with van der Waals surface area (Å²) in [6.07, 6.45) is 9.21. The van der Waals surface area contributed by atoms with Crippen LogP contribution in [0.25, 0.3) is 10.9 Å². The molecule has 0 aliphatic carbocycles. The number of fused-ring (bicyclic) bond motifs is 1. The number of hydrogen-bond acceptors (Lipinski definition) is 3. The summed E-state index contributed by atoms with van der Waals surface area (Å²) in [5.41, 5.74) is 2.32. The molecular formula is C24H32N2O2. The van der Waals surface area contributed by atoms with Crippen molar-refractivity contribution >= 4 is 16.9 Å². The number of unbranched alkanes of at least 4 members (excludes halogenated alkanes) is 1. The molecule has 4 heteroatoms. The smallest absolute Gasteiger partial charge is 0.320 e. The molecule has 28 heavy (non-hydrogen) atoms. The minimum atomic E-state index is -0.151. The monoisotopic (exact) mass is 380 g/mol. The summed E-state index contributed by atoms with van der Waals surface area (Å²) < 4.78 is 5.30. The number of allylic oxidation sites excluding steroid dienone is 1. The second kappa shape index (κ2) is 9.74. The molecule has 3 rings (SSSR count). The molecule has 1 aliphatic rings. The van der Waals surface area contributed by atoms with Crippen molar-refractivity contribution in [3.8, 4) is 0 Å². The number of carbonyl (C=O) groups is 1. The fourth-order valence-corrected chi connectivity index (χ4v) is 4.50. The summed E-state index contributed by atoms with van der Waals surface area (Å²) in [6.45, 7) is 10.5. The molecule has 1 aliphatic heterocycles. The van der Waals surface area contributed by atoms with Gasteiger partial charge < -0.3 is 9.72 Å². The van der Waals surface area contributed by atoms with E-state index in [1.54, 1.807) is 0 Å². The zero-order valence-electron chi connectivity index (χ0n) is 16.9. The van der Waals surface area contributed by atoms with Crippen LogP contribution in [0.5, 0.6) is 0 Å². The molecule has 0 bridgehead atoms. The Balaban J connectivity index is 1.91. The summed E-state index contributed by atoms with van der Waals surface area (Å²) in [6, 6.07) is 11.0. The standard InChI is InChI=1S/C24H32N2O2/c1-4-7-8-13-22-18(5-2)14-15-23(26(22)17-24(27)28-6-3)21-16-19-11-9-10-12-20(19)25-21/h4-5,9-12,16,18,22-23,25H,1-2,6-8,13-15,17H2,3H3/t18-,22+,23+/m1/s1. The number of esters is 1. The molecule has 0 radical (unpaired) electrons. The molecule has 0 unspecified atom stereocenters. The maximum Gasteiger partial charge on any atom is 0.320 e. The molecule has 150 valence electrons. The van der Waals surface area contributed by atoms with Crippen molar-refractivity contribution in [1.82, 2.24) is 9.88 Å². The molecule has 0 spiro atoms. The highest BCUT2D eigenvalue weighted by Crippen LogP contribution is 2.40. The van der Waals surface area contributed by atoms with Crippen LogP contribution in [0.3, 0.4) is 0 Å². The van der Waals surface area contributed by atoms with Gasteiger partial charge in [0.2, 0.25) is 0 Å². The lowest BCUT2D eigenvalue weighted by Crippen LogP contribution is -2.49. The van der Waals surface area contributed by atoms with E-state index in [0.29, 0.717) is 19.1 Å². The summed E-state index contributed by atoms with van der Waals surface area (Å²) in [4.78, 5) is 18.3. The summed E-state index contributed by atoms with van der Waals surface area (Å²) in [5, 5.41) is 1.21. The van der Waals surface area contributed by atoms with Crippen LogP contribution >= 0.6 is 0 Å². The fraction of sp³-hybridized carbons (Fsp3) is 0.458. The second-order valence-electron chi connectivity index (χ2n) is 7.57. The van der Waals surface area contributed by atoms with E-state index in [0.717, 1.165) is 37.6 Å². The highest BCUT2D eigenvalue weighted by atomic mass is 16.5. The van der Waals surface area contributed by atoms with E-state index < -0.39 is 0 Å². The highest BCUT2D eigenvalue weighted by Gasteiger charge is 2.38. The Morgan fingerprint density at radius 3 is 2.86 bits per heavy atom. The highest BCUT2D eigenvalue weighted by molar-refractivity contribution is 5.80. The maximum atomic E-state index is 12.4. The molecule has 4 nitrogen and oxygen atoms in total. The molecule has 1 N–H and O–H groups in total. The molecule has 0 saturated carbocycles. The van der Waals surface area contributed by atoms with Crippen molar-refractivity contribution in [3.05, 3.63) is 61.3 Å². The minimum absolute atomic E-state index is 0.151. The van der Waals surface area contributed by atoms with Gasteiger partial charge in [-0.1, -0.05) is 30.4 Å². The first-order chi connectivity index (χ1) is 13.7. The first-order valence-electron chi connectivity index (χ1n) is 10.4. The number of aromatic amines is 1. The van der Waals surface area contributed by atoms with Gasteiger partial charge in [-0.2, -0.15) is 0 Å². The Labute approximate surface area is 168 Å². The number of piperidine rings is 1. The summed E-state index contributed by atoms with van der Waals surface area (Å²) in [5.74, 6) is 0.238. The van der Waals surface area contributed by atoms with Gasteiger partial charge in [0.1, 0.15) is 0 Å². The molecule has 2 heterocycles. The van der Waals surface area contributed by atoms with Crippen LogP contribution < -0.4 is 0 Å². The van der Waals surface area contributed by atoms with Gasteiger partial charge in [-0.15, -0.1) is 13.2 Å². The van der Waals surface area contributed by atoms with E-state index in [1.165, 1.54) is 11.1 Å². The number of benzene rings is 1. The molecule has 1 aromatic carbocycles. The van der Waals surface area contributed by atoms with E-state index in [4.69, 9.17) is 4.74 Å². The Morgan fingerprint density at radius 2 is 2.14 bits per heavy atom. The predicted molar refractivity (Wildman–Crippen MR) is 115 cm³/mol. The van der Waals surface area contributed by atoms with Gasteiger partial charge in [-0.25, -0.2) is 0 Å². The van der Waals surface area contributed by atoms with Crippen molar-refractivity contribution in [2.24, 2.45) is 5.92 Å². The number of aromatic nitrogens is 1. The Hall–Kier alpha value is -2.33. The minimum Gasteiger partial charge on any atom is -0.465 e. The number of nitrogens with zero attached hydrogens (tertiary/aromatic N) is 1. The average molecular weight is 381 g/mol. The quantitative estimate of drug-likeness (QED) is 0.360. The molecular weight excluding hydrogens is 348 g/mol. The molecule has 1 fully saturated rings. The molecule has 2 aromatic rings. The van der Waals surface area contributed by atoms with Crippen molar-refractivity contribution in [1.29, 1.82) is 0 Å². The van der Waals surface area contributed by atoms with E-state index in [2.05, 4.69) is 53.4 Å². The van der Waals surface area contributed by atoms with Gasteiger partial charge in [-0.3, -0.25) is 9.69 Å². The van der Waals surface area contributed by atoms with Crippen LogP contribution in [0.2, 0.25) is 0 Å². The van der Waals surface area contributed by atoms with Gasteiger partial charge in [0, 0.05) is 17.3 Å². The number of carbonyl (C=O) groups excluding carboxylic acids is 1. The topological polar surface area (TPSA) is 45.3 Å². The number of nitrogens with one attached hydrogen (secondary N) is 1. The van der Waals surface area contributed by atoms with Gasteiger partial charge in [-0.05, 0) is 62.5 Å². The number of likely N-dealkylation sites (tertiary alicyclic amines) is 1. The third-order valence-corrected chi connectivity index (χ3v) is 5.83. The molecule has 3 atom stereocenters. The van der Waals surface area contributed by atoms with Crippen LogP contribution in [-0.2, 0) is 9.53 Å². The van der Waals surface area contributed by atoms with Gasteiger partial charge in [0.25, 0.3) is 0 Å². The summed E-state index contributed by atoms with van der Waals surface area (Å²) >= 11 is 0. The summed E-state index contributed by atoms with van der Waals surface area (Å²) in [7, 11) is 0. The van der Waals surface area contributed by atoms with Crippen molar-refractivity contribution in [2.75, 3.05) is 13.2 Å². The Bertz CT molecular complexity index is 777. The van der Waals surface area contributed by atoms with E-state index in [-0.39, 0.29) is 18.1 Å². The molecule has 1 saturated heterocycles. The lowest BCUT2D eigenvalue weighted by Gasteiger charge is -2.45. The van der Waals surface area contributed by atoms with Crippen molar-refractivity contribution in [2.45, 2.75) is 51.1 Å². The normalized spacial score (nSPS) is 22.8. The Morgan fingerprint density at radius 1 is 1.32 bits per heavy atom. The van der Waals surface area contributed by atoms with E-state index in [9.17, 15) is 4.79 Å². The largest absolute Gasteiger partial charge is 0.465 e. The van der Waals surface area contributed by atoms with E-state index in [1.807, 2.05) is 19.1 Å².